The van der Waals surface area contributed by atoms with Crippen LogP contribution in [0, 0.1) is 0 Å². The number of esters is 1. The summed E-state index contributed by atoms with van der Waals surface area (Å²) in [5.74, 6) is -0.100. The molecule has 4 nitrogen and oxygen atoms in total. The maximum absolute atomic E-state index is 11.3. The second-order valence-corrected chi connectivity index (χ2v) is 4.08. The van der Waals surface area contributed by atoms with Crippen LogP contribution in [-0.2, 0) is 9.53 Å². The Morgan fingerprint density at radius 1 is 1.40 bits per heavy atom. The lowest BCUT2D eigenvalue weighted by molar-refractivity contribution is -0.145. The van der Waals surface area contributed by atoms with Gasteiger partial charge < -0.3 is 9.64 Å². The normalized spacial score (nSPS) is 24.1. The highest BCUT2D eigenvalue weighted by Gasteiger charge is 2.24. The van der Waals surface area contributed by atoms with Crippen molar-refractivity contribution >= 4 is 5.97 Å². The lowest BCUT2D eigenvalue weighted by Gasteiger charge is -2.38. The molecule has 1 atom stereocenters. The molecule has 1 heterocycles. The summed E-state index contributed by atoms with van der Waals surface area (Å²) in [5.41, 5.74) is 0. The Kier molecular flexibility index (Phi) is 5.05. The summed E-state index contributed by atoms with van der Waals surface area (Å²) in [6.45, 7) is 7.93. The topological polar surface area (TPSA) is 32.8 Å². The zero-order chi connectivity index (χ0) is 11.3. The number of ether oxygens (including phenoxy) is 1. The van der Waals surface area contributed by atoms with Crippen LogP contribution in [0.2, 0.25) is 0 Å². The van der Waals surface area contributed by atoms with Crippen LogP contribution in [-0.4, -0.2) is 61.6 Å². The molecular formula is C11H22N2O2. The van der Waals surface area contributed by atoms with Crippen LogP contribution in [0.15, 0.2) is 0 Å². The molecule has 1 aliphatic rings. The number of rotatable bonds is 4. The lowest BCUT2D eigenvalue weighted by Crippen LogP contribution is -2.52. The fraction of sp³-hybridized carbons (Fsp3) is 0.909. The summed E-state index contributed by atoms with van der Waals surface area (Å²) < 4.78 is 4.95. The average Bonchev–Trinajstić information content (AvgIpc) is 2.21. The SMILES string of the molecule is CCOC(=O)CN1CCN(C)C(CC)C1. The first kappa shape index (κ1) is 12.5. The average molecular weight is 214 g/mol. The van der Waals surface area contributed by atoms with Gasteiger partial charge >= 0.3 is 5.97 Å². The van der Waals surface area contributed by atoms with Gasteiger partial charge in [-0.15, -0.1) is 0 Å². The number of hydrogen-bond donors (Lipinski definition) is 0. The zero-order valence-electron chi connectivity index (χ0n) is 10.0. The molecule has 0 aromatic carbocycles. The van der Waals surface area contributed by atoms with E-state index in [4.69, 9.17) is 4.74 Å². The molecule has 0 aromatic rings. The third kappa shape index (κ3) is 3.80. The summed E-state index contributed by atoms with van der Waals surface area (Å²) in [4.78, 5) is 15.9. The van der Waals surface area contributed by atoms with E-state index in [1.54, 1.807) is 0 Å². The minimum atomic E-state index is -0.100. The molecular weight excluding hydrogens is 192 g/mol. The van der Waals surface area contributed by atoms with Gasteiger partial charge in [0.1, 0.15) is 0 Å². The van der Waals surface area contributed by atoms with Crippen LogP contribution in [0.25, 0.3) is 0 Å². The highest BCUT2D eigenvalue weighted by Crippen LogP contribution is 2.10. The first-order valence-electron chi connectivity index (χ1n) is 5.75. The van der Waals surface area contributed by atoms with Crippen molar-refractivity contribution in [2.24, 2.45) is 0 Å². The maximum atomic E-state index is 11.3. The van der Waals surface area contributed by atoms with Crippen molar-refractivity contribution in [3.63, 3.8) is 0 Å². The van der Waals surface area contributed by atoms with Crippen molar-refractivity contribution in [1.29, 1.82) is 0 Å². The summed E-state index contributed by atoms with van der Waals surface area (Å²) in [6.07, 6.45) is 1.13. The Balaban J connectivity index is 2.34. The second-order valence-electron chi connectivity index (χ2n) is 4.08. The highest BCUT2D eigenvalue weighted by atomic mass is 16.5. The van der Waals surface area contributed by atoms with Crippen molar-refractivity contribution < 1.29 is 9.53 Å². The van der Waals surface area contributed by atoms with Gasteiger partial charge in [-0.3, -0.25) is 9.69 Å². The van der Waals surface area contributed by atoms with E-state index >= 15 is 0 Å². The Bertz CT molecular complexity index is 209. The van der Waals surface area contributed by atoms with Crippen molar-refractivity contribution in [1.82, 2.24) is 9.80 Å². The summed E-state index contributed by atoms with van der Waals surface area (Å²) in [5, 5.41) is 0. The van der Waals surface area contributed by atoms with Gasteiger partial charge in [-0.05, 0) is 20.4 Å². The summed E-state index contributed by atoms with van der Waals surface area (Å²) in [7, 11) is 2.15. The number of piperazine rings is 1. The van der Waals surface area contributed by atoms with Crippen LogP contribution in [0.4, 0.5) is 0 Å². The number of hydrogen-bond acceptors (Lipinski definition) is 4. The molecule has 0 amide bonds. The number of carbonyl (C=O) groups excluding carboxylic acids is 1. The van der Waals surface area contributed by atoms with Crippen LogP contribution in [0.5, 0.6) is 0 Å². The number of likely N-dealkylation sites (N-methyl/N-ethyl adjacent to an activating group) is 1. The van der Waals surface area contributed by atoms with Crippen LogP contribution in [0.3, 0.4) is 0 Å². The molecule has 1 fully saturated rings. The molecule has 0 aromatic heterocycles. The summed E-state index contributed by atoms with van der Waals surface area (Å²) in [6, 6.07) is 0.577. The molecule has 1 rings (SSSR count). The van der Waals surface area contributed by atoms with Gasteiger partial charge in [0.25, 0.3) is 0 Å². The first-order chi connectivity index (χ1) is 7.17. The Hall–Kier alpha value is -0.610. The molecule has 0 aliphatic carbocycles. The van der Waals surface area contributed by atoms with Gasteiger partial charge in [0.2, 0.25) is 0 Å². The van der Waals surface area contributed by atoms with Gasteiger partial charge in [0.15, 0.2) is 0 Å². The highest BCUT2D eigenvalue weighted by molar-refractivity contribution is 5.71. The molecule has 0 N–H and O–H groups in total. The van der Waals surface area contributed by atoms with E-state index in [0.717, 1.165) is 26.1 Å². The molecule has 0 bridgehead atoms. The summed E-state index contributed by atoms with van der Waals surface area (Å²) >= 11 is 0. The van der Waals surface area contributed by atoms with Gasteiger partial charge in [0.05, 0.1) is 13.2 Å². The minimum Gasteiger partial charge on any atom is -0.465 e. The second kappa shape index (κ2) is 6.08. The predicted octanol–water partition coefficient (Wildman–Crippen LogP) is 0.575. The third-order valence-electron chi connectivity index (χ3n) is 2.99. The van der Waals surface area contributed by atoms with Crippen molar-refractivity contribution in [2.75, 3.05) is 39.8 Å². The van der Waals surface area contributed by atoms with E-state index in [0.29, 0.717) is 19.2 Å². The maximum Gasteiger partial charge on any atom is 0.320 e. The fourth-order valence-electron chi connectivity index (χ4n) is 1.98. The molecule has 0 radical (unpaired) electrons. The van der Waals surface area contributed by atoms with E-state index in [-0.39, 0.29) is 5.97 Å². The van der Waals surface area contributed by atoms with E-state index in [2.05, 4.69) is 23.8 Å². The Morgan fingerprint density at radius 2 is 2.13 bits per heavy atom. The number of nitrogens with zero attached hydrogens (tertiary/aromatic N) is 2. The largest absolute Gasteiger partial charge is 0.465 e. The van der Waals surface area contributed by atoms with Gasteiger partial charge in [-0.25, -0.2) is 0 Å². The van der Waals surface area contributed by atoms with Crippen molar-refractivity contribution in [2.45, 2.75) is 26.3 Å². The number of carbonyl (C=O) groups is 1. The van der Waals surface area contributed by atoms with Crippen molar-refractivity contribution in [3.05, 3.63) is 0 Å². The lowest BCUT2D eigenvalue weighted by atomic mass is 10.1. The standard InChI is InChI=1S/C11H22N2O2/c1-4-10-8-13(7-6-12(10)3)9-11(14)15-5-2/h10H,4-9H2,1-3H3. The zero-order valence-corrected chi connectivity index (χ0v) is 10.0. The van der Waals surface area contributed by atoms with Crippen molar-refractivity contribution in [3.8, 4) is 0 Å². The fourth-order valence-corrected chi connectivity index (χ4v) is 1.98. The molecule has 0 spiro atoms. The molecule has 0 saturated carbocycles. The molecule has 88 valence electrons. The van der Waals surface area contributed by atoms with Crippen LogP contribution < -0.4 is 0 Å². The van der Waals surface area contributed by atoms with Crippen LogP contribution in [0.1, 0.15) is 20.3 Å². The Labute approximate surface area is 92.2 Å². The molecule has 1 aliphatic heterocycles. The molecule has 1 saturated heterocycles. The van der Waals surface area contributed by atoms with E-state index in [1.165, 1.54) is 0 Å². The van der Waals surface area contributed by atoms with Crippen LogP contribution >= 0.6 is 0 Å². The Morgan fingerprint density at radius 3 is 2.73 bits per heavy atom. The van der Waals surface area contributed by atoms with Gasteiger partial charge in [-0.1, -0.05) is 6.92 Å². The monoisotopic (exact) mass is 214 g/mol. The molecule has 1 unspecified atom stereocenters. The quantitative estimate of drug-likeness (QED) is 0.641. The third-order valence-corrected chi connectivity index (χ3v) is 2.99. The van der Waals surface area contributed by atoms with Gasteiger partial charge in [0, 0.05) is 25.7 Å². The van der Waals surface area contributed by atoms with E-state index < -0.39 is 0 Å². The van der Waals surface area contributed by atoms with E-state index in [9.17, 15) is 4.79 Å². The van der Waals surface area contributed by atoms with Gasteiger partial charge in [-0.2, -0.15) is 0 Å². The minimum absolute atomic E-state index is 0.100. The van der Waals surface area contributed by atoms with E-state index in [1.807, 2.05) is 6.92 Å². The first-order valence-corrected chi connectivity index (χ1v) is 5.75. The smallest absolute Gasteiger partial charge is 0.320 e. The predicted molar refractivity (Wildman–Crippen MR) is 59.8 cm³/mol. The molecule has 15 heavy (non-hydrogen) atoms. The molecule has 4 heteroatoms.